The third-order valence-corrected chi connectivity index (χ3v) is 3.46. The van der Waals surface area contributed by atoms with Crippen LogP contribution in [0.5, 0.6) is 0 Å². The molecule has 0 amide bonds. The van der Waals surface area contributed by atoms with Gasteiger partial charge in [0.25, 0.3) is 0 Å². The minimum atomic E-state index is 0.703. The van der Waals surface area contributed by atoms with E-state index in [1.807, 2.05) is 24.3 Å². The van der Waals surface area contributed by atoms with Crippen LogP contribution in [-0.4, -0.2) is 10.7 Å². The van der Waals surface area contributed by atoms with E-state index in [2.05, 4.69) is 15.5 Å². The van der Waals surface area contributed by atoms with Crippen LogP contribution in [0, 0.1) is 0 Å². The molecule has 4 heteroatoms. The zero-order chi connectivity index (χ0) is 12.4. The van der Waals surface area contributed by atoms with Gasteiger partial charge in [0.15, 0.2) is 0 Å². The highest BCUT2D eigenvalue weighted by molar-refractivity contribution is 6.31. The van der Waals surface area contributed by atoms with Crippen LogP contribution in [-0.2, 0) is 0 Å². The molecule has 1 N–H and O–H groups in total. The molecule has 1 aromatic carbocycles. The number of anilines is 1. The quantitative estimate of drug-likeness (QED) is 0.820. The van der Waals surface area contributed by atoms with E-state index < -0.39 is 0 Å². The first-order valence-corrected chi connectivity index (χ1v) is 6.56. The summed E-state index contributed by atoms with van der Waals surface area (Å²) in [5, 5.41) is 6.22. The number of rotatable bonds is 2. The zero-order valence-electron chi connectivity index (χ0n) is 9.99. The first kappa shape index (κ1) is 11.5. The highest BCUT2D eigenvalue weighted by atomic mass is 35.5. The summed E-state index contributed by atoms with van der Waals surface area (Å²) >= 11 is 5.96. The van der Waals surface area contributed by atoms with Gasteiger partial charge in [-0.25, -0.2) is 0 Å². The third kappa shape index (κ3) is 2.31. The van der Waals surface area contributed by atoms with Crippen LogP contribution in [0.3, 0.4) is 0 Å². The van der Waals surface area contributed by atoms with Crippen LogP contribution >= 0.6 is 11.6 Å². The van der Waals surface area contributed by atoms with Gasteiger partial charge in [-0.05, 0) is 49.9 Å². The SMILES string of the molecule is Clc1ccc2c(NN=C3CCCC3)ccnc2c1. The number of nitrogens with one attached hydrogen (secondary N) is 1. The Hall–Kier alpha value is -1.61. The molecule has 0 unspecified atom stereocenters. The summed E-state index contributed by atoms with van der Waals surface area (Å²) in [4.78, 5) is 4.31. The molecule has 3 nitrogen and oxygen atoms in total. The fraction of sp³-hybridized carbons (Fsp3) is 0.286. The average Bonchev–Trinajstić information content (AvgIpc) is 2.89. The lowest BCUT2D eigenvalue weighted by Crippen LogP contribution is -1.97. The molecule has 1 saturated carbocycles. The Labute approximate surface area is 111 Å². The molecular formula is C14H14ClN3. The number of pyridine rings is 1. The van der Waals surface area contributed by atoms with Crippen LogP contribution in [0.25, 0.3) is 10.9 Å². The van der Waals surface area contributed by atoms with Crippen molar-refractivity contribution in [3.05, 3.63) is 35.5 Å². The van der Waals surface area contributed by atoms with Crippen LogP contribution < -0.4 is 5.43 Å². The number of halogens is 1. The highest BCUT2D eigenvalue weighted by Gasteiger charge is 2.08. The van der Waals surface area contributed by atoms with Gasteiger partial charge < -0.3 is 0 Å². The van der Waals surface area contributed by atoms with Gasteiger partial charge in [0, 0.05) is 22.3 Å². The molecule has 0 atom stereocenters. The van der Waals surface area contributed by atoms with Crippen molar-refractivity contribution in [2.75, 3.05) is 5.43 Å². The minimum Gasteiger partial charge on any atom is -0.278 e. The Balaban J connectivity index is 1.94. The normalized spacial score (nSPS) is 15.1. The molecule has 1 aromatic heterocycles. The van der Waals surface area contributed by atoms with Crippen LogP contribution in [0.4, 0.5) is 5.69 Å². The molecular weight excluding hydrogens is 246 g/mol. The lowest BCUT2D eigenvalue weighted by atomic mass is 10.2. The molecule has 0 spiro atoms. The van der Waals surface area contributed by atoms with Crippen LogP contribution in [0.2, 0.25) is 5.02 Å². The Morgan fingerprint density at radius 1 is 1.17 bits per heavy atom. The fourth-order valence-corrected chi connectivity index (χ4v) is 2.42. The summed E-state index contributed by atoms with van der Waals surface area (Å²) in [6, 6.07) is 7.65. The molecule has 1 aliphatic carbocycles. The maximum atomic E-state index is 5.96. The number of benzene rings is 1. The fourth-order valence-electron chi connectivity index (χ4n) is 2.25. The van der Waals surface area contributed by atoms with Crippen molar-refractivity contribution >= 4 is 33.9 Å². The minimum absolute atomic E-state index is 0.703. The smallest absolute Gasteiger partial charge is 0.0738 e. The second-order valence-electron chi connectivity index (χ2n) is 4.52. The number of aromatic nitrogens is 1. The molecule has 3 rings (SSSR count). The molecule has 18 heavy (non-hydrogen) atoms. The number of hydrogen-bond acceptors (Lipinski definition) is 3. The van der Waals surface area contributed by atoms with E-state index in [1.54, 1.807) is 6.20 Å². The summed E-state index contributed by atoms with van der Waals surface area (Å²) in [5.41, 5.74) is 6.28. The van der Waals surface area contributed by atoms with E-state index in [4.69, 9.17) is 11.6 Å². The van der Waals surface area contributed by atoms with E-state index >= 15 is 0 Å². The topological polar surface area (TPSA) is 37.3 Å². The van der Waals surface area contributed by atoms with Crippen molar-refractivity contribution < 1.29 is 0 Å². The third-order valence-electron chi connectivity index (χ3n) is 3.22. The molecule has 1 heterocycles. The van der Waals surface area contributed by atoms with Crippen molar-refractivity contribution in [3.8, 4) is 0 Å². The Morgan fingerprint density at radius 2 is 2.00 bits per heavy atom. The summed E-state index contributed by atoms with van der Waals surface area (Å²) < 4.78 is 0. The molecule has 1 fully saturated rings. The van der Waals surface area contributed by atoms with Gasteiger partial charge in [-0.15, -0.1) is 0 Å². The van der Waals surface area contributed by atoms with Gasteiger partial charge in [-0.2, -0.15) is 5.10 Å². The molecule has 92 valence electrons. The summed E-state index contributed by atoms with van der Waals surface area (Å²) in [7, 11) is 0. The standard InChI is InChI=1S/C14H14ClN3/c15-10-5-6-12-13(7-8-16-14(12)9-10)18-17-11-3-1-2-4-11/h5-9H,1-4H2,(H,16,18). The molecule has 0 aliphatic heterocycles. The van der Waals surface area contributed by atoms with E-state index in [0.717, 1.165) is 29.4 Å². The first-order valence-electron chi connectivity index (χ1n) is 6.19. The van der Waals surface area contributed by atoms with E-state index in [0.29, 0.717) is 5.02 Å². The second-order valence-corrected chi connectivity index (χ2v) is 4.95. The summed E-state index contributed by atoms with van der Waals surface area (Å²) in [6.07, 6.45) is 6.51. The van der Waals surface area contributed by atoms with Crippen molar-refractivity contribution in [2.24, 2.45) is 5.10 Å². The van der Waals surface area contributed by atoms with Crippen molar-refractivity contribution in [1.29, 1.82) is 0 Å². The Kier molecular flexibility index (Phi) is 3.15. The van der Waals surface area contributed by atoms with Gasteiger partial charge in [0.1, 0.15) is 0 Å². The number of hydrogen-bond donors (Lipinski definition) is 1. The van der Waals surface area contributed by atoms with Gasteiger partial charge in [-0.3, -0.25) is 10.4 Å². The molecule has 0 radical (unpaired) electrons. The number of hydrazone groups is 1. The van der Waals surface area contributed by atoms with Gasteiger partial charge in [0.05, 0.1) is 11.2 Å². The summed E-state index contributed by atoms with van der Waals surface area (Å²) in [6.45, 7) is 0. The predicted octanol–water partition coefficient (Wildman–Crippen LogP) is 4.23. The van der Waals surface area contributed by atoms with Gasteiger partial charge in [0.2, 0.25) is 0 Å². The number of nitrogens with zero attached hydrogens (tertiary/aromatic N) is 2. The predicted molar refractivity (Wildman–Crippen MR) is 76.3 cm³/mol. The van der Waals surface area contributed by atoms with Gasteiger partial charge >= 0.3 is 0 Å². The first-order chi connectivity index (χ1) is 8.83. The molecule has 2 aromatic rings. The van der Waals surface area contributed by atoms with Crippen LogP contribution in [0.15, 0.2) is 35.6 Å². The Morgan fingerprint density at radius 3 is 2.83 bits per heavy atom. The van der Waals surface area contributed by atoms with Crippen molar-refractivity contribution in [2.45, 2.75) is 25.7 Å². The molecule has 0 bridgehead atoms. The molecule has 1 aliphatic rings. The van der Waals surface area contributed by atoms with E-state index in [-0.39, 0.29) is 0 Å². The largest absolute Gasteiger partial charge is 0.278 e. The number of fused-ring (bicyclic) bond motifs is 1. The lowest BCUT2D eigenvalue weighted by molar-refractivity contribution is 0.886. The van der Waals surface area contributed by atoms with Gasteiger partial charge in [-0.1, -0.05) is 11.6 Å². The highest BCUT2D eigenvalue weighted by Crippen LogP contribution is 2.24. The van der Waals surface area contributed by atoms with Crippen molar-refractivity contribution in [1.82, 2.24) is 4.98 Å². The monoisotopic (exact) mass is 259 g/mol. The van der Waals surface area contributed by atoms with E-state index in [9.17, 15) is 0 Å². The lowest BCUT2D eigenvalue weighted by Gasteiger charge is -2.06. The zero-order valence-corrected chi connectivity index (χ0v) is 10.7. The average molecular weight is 260 g/mol. The maximum Gasteiger partial charge on any atom is 0.0738 e. The van der Waals surface area contributed by atoms with E-state index in [1.165, 1.54) is 18.6 Å². The second kappa shape index (κ2) is 4.94. The maximum absolute atomic E-state index is 5.96. The Bertz CT molecular complexity index is 599. The molecule has 0 saturated heterocycles. The van der Waals surface area contributed by atoms with Crippen LogP contribution in [0.1, 0.15) is 25.7 Å². The van der Waals surface area contributed by atoms with Crippen molar-refractivity contribution in [3.63, 3.8) is 0 Å². The summed E-state index contributed by atoms with van der Waals surface area (Å²) in [5.74, 6) is 0.